The van der Waals surface area contributed by atoms with Crippen LogP contribution in [0.15, 0.2) is 30.3 Å². The zero-order chi connectivity index (χ0) is 24.4. The van der Waals surface area contributed by atoms with Crippen LogP contribution in [0, 0.1) is 17.2 Å². The van der Waals surface area contributed by atoms with E-state index in [1.165, 1.54) is 6.92 Å². The lowest BCUT2D eigenvalue weighted by Gasteiger charge is -2.35. The Balaban J connectivity index is 1.95. The minimum Gasteiger partial charge on any atom is -0.445 e. The van der Waals surface area contributed by atoms with E-state index in [0.29, 0.717) is 32.4 Å². The summed E-state index contributed by atoms with van der Waals surface area (Å²) in [6, 6.07) is 10.4. The third-order valence-electron chi connectivity index (χ3n) is 5.16. The summed E-state index contributed by atoms with van der Waals surface area (Å²) < 4.78 is 15.8. The lowest BCUT2D eigenvalue weighted by atomic mass is 9.88. The second-order valence-electron chi connectivity index (χ2n) is 9.12. The fourth-order valence-electron chi connectivity index (χ4n) is 3.59. The van der Waals surface area contributed by atoms with Crippen molar-refractivity contribution in [2.45, 2.75) is 71.3 Å². The maximum Gasteiger partial charge on any atom is 0.410 e. The summed E-state index contributed by atoms with van der Waals surface area (Å²) in [5, 5.41) is 12.2. The quantitative estimate of drug-likeness (QED) is 0.487. The second kappa shape index (κ2) is 12.1. The number of esters is 1. The molecule has 2 atom stereocenters. The lowest BCUT2D eigenvalue weighted by Crippen LogP contribution is -2.47. The average Bonchev–Trinajstić information content (AvgIpc) is 2.75. The first-order valence-corrected chi connectivity index (χ1v) is 11.1. The second-order valence-corrected chi connectivity index (χ2v) is 9.12. The van der Waals surface area contributed by atoms with Crippen molar-refractivity contribution in [3.8, 4) is 6.07 Å². The van der Waals surface area contributed by atoms with Crippen LogP contribution in [0.5, 0.6) is 0 Å². The third-order valence-corrected chi connectivity index (χ3v) is 5.16. The van der Waals surface area contributed by atoms with Gasteiger partial charge in [-0.2, -0.15) is 5.26 Å². The maximum absolute atomic E-state index is 12.4. The molecule has 1 saturated heterocycles. The van der Waals surface area contributed by atoms with Gasteiger partial charge in [-0.15, -0.1) is 0 Å². The van der Waals surface area contributed by atoms with Gasteiger partial charge in [-0.05, 0) is 51.5 Å². The van der Waals surface area contributed by atoms with E-state index in [-0.39, 0.29) is 18.6 Å². The van der Waals surface area contributed by atoms with E-state index >= 15 is 0 Å². The molecule has 0 spiro atoms. The topological polar surface area (TPSA) is 118 Å². The van der Waals surface area contributed by atoms with Gasteiger partial charge >= 0.3 is 18.2 Å². The van der Waals surface area contributed by atoms with Crippen molar-refractivity contribution in [1.29, 1.82) is 5.26 Å². The van der Waals surface area contributed by atoms with Crippen LogP contribution in [-0.2, 0) is 25.6 Å². The highest BCUT2D eigenvalue weighted by Gasteiger charge is 2.32. The van der Waals surface area contributed by atoms with Gasteiger partial charge in [-0.3, -0.25) is 4.79 Å². The highest BCUT2D eigenvalue weighted by Crippen LogP contribution is 2.25. The number of carbonyl (C=O) groups is 3. The third kappa shape index (κ3) is 9.39. The number of nitriles is 1. The lowest BCUT2D eigenvalue weighted by molar-refractivity contribution is -0.145. The number of nitrogens with zero attached hydrogens (tertiary/aromatic N) is 2. The van der Waals surface area contributed by atoms with Crippen LogP contribution >= 0.6 is 0 Å². The van der Waals surface area contributed by atoms with E-state index in [1.807, 2.05) is 57.2 Å². The largest absolute Gasteiger partial charge is 0.445 e. The van der Waals surface area contributed by atoms with Gasteiger partial charge in [-0.25, -0.2) is 9.59 Å². The average molecular weight is 460 g/mol. The van der Waals surface area contributed by atoms with E-state index in [9.17, 15) is 19.6 Å². The van der Waals surface area contributed by atoms with Gasteiger partial charge in [0.05, 0.1) is 6.04 Å². The molecule has 9 nitrogen and oxygen atoms in total. The molecular formula is C24H33N3O6. The number of hydrogen-bond acceptors (Lipinski definition) is 7. The SMILES string of the molecule is CC(=O)OC(C#N)[C@H](CC1CCN(C(=O)OC(C)(C)C)CC1)NC(=O)OCc1ccccc1. The zero-order valence-corrected chi connectivity index (χ0v) is 19.7. The van der Waals surface area contributed by atoms with Gasteiger partial charge in [-0.1, -0.05) is 30.3 Å². The first-order chi connectivity index (χ1) is 15.6. The molecule has 1 N–H and O–H groups in total. The Bertz CT molecular complexity index is 838. The van der Waals surface area contributed by atoms with Crippen LogP contribution in [-0.4, -0.2) is 53.9 Å². The molecule has 1 aromatic rings. The fourth-order valence-corrected chi connectivity index (χ4v) is 3.59. The van der Waals surface area contributed by atoms with E-state index in [2.05, 4.69) is 5.32 Å². The Morgan fingerprint density at radius 1 is 1.18 bits per heavy atom. The smallest absolute Gasteiger partial charge is 0.410 e. The molecule has 0 aromatic heterocycles. The number of alkyl carbamates (subject to hydrolysis) is 1. The number of ether oxygens (including phenoxy) is 3. The predicted molar refractivity (Wildman–Crippen MR) is 120 cm³/mol. The molecule has 0 aliphatic carbocycles. The summed E-state index contributed by atoms with van der Waals surface area (Å²) in [6.45, 7) is 7.78. The molecule has 33 heavy (non-hydrogen) atoms. The Hall–Kier alpha value is -3.28. The Morgan fingerprint density at radius 2 is 1.82 bits per heavy atom. The molecule has 1 aliphatic rings. The molecule has 2 amide bonds. The highest BCUT2D eigenvalue weighted by atomic mass is 16.6. The summed E-state index contributed by atoms with van der Waals surface area (Å²) in [7, 11) is 0. The minimum atomic E-state index is -1.14. The number of amides is 2. The summed E-state index contributed by atoms with van der Waals surface area (Å²) in [6.07, 6.45) is -0.426. The number of rotatable bonds is 7. The Morgan fingerprint density at radius 3 is 2.36 bits per heavy atom. The molecule has 180 valence electrons. The number of nitrogens with one attached hydrogen (secondary N) is 1. The molecule has 2 rings (SSSR count). The summed E-state index contributed by atoms with van der Waals surface area (Å²) >= 11 is 0. The van der Waals surface area contributed by atoms with Crippen molar-refractivity contribution in [2.24, 2.45) is 5.92 Å². The molecule has 1 fully saturated rings. The normalized spacial score (nSPS) is 16.2. The first kappa shape index (κ1) is 26.0. The van der Waals surface area contributed by atoms with Crippen LogP contribution in [0.3, 0.4) is 0 Å². The van der Waals surface area contributed by atoms with Gasteiger partial charge in [0.2, 0.25) is 6.10 Å². The van der Waals surface area contributed by atoms with Crippen molar-refractivity contribution in [1.82, 2.24) is 10.2 Å². The van der Waals surface area contributed by atoms with Crippen LogP contribution < -0.4 is 5.32 Å². The van der Waals surface area contributed by atoms with Crippen molar-refractivity contribution in [2.75, 3.05) is 13.1 Å². The number of hydrogen-bond donors (Lipinski definition) is 1. The number of piperidine rings is 1. The monoisotopic (exact) mass is 459 g/mol. The van der Waals surface area contributed by atoms with Gasteiger partial charge in [0.1, 0.15) is 18.3 Å². The van der Waals surface area contributed by atoms with Gasteiger partial charge in [0.15, 0.2) is 0 Å². The molecule has 0 bridgehead atoms. The predicted octanol–water partition coefficient (Wildman–Crippen LogP) is 3.77. The standard InChI is InChI=1S/C24H33N3O6/c1-17(28)32-21(15-25)20(26-22(29)31-16-19-8-6-5-7-9-19)14-18-10-12-27(13-11-18)23(30)33-24(2,3)4/h5-9,18,20-21H,10-14,16H2,1-4H3,(H,26,29)/t20-,21?/m0/s1. The van der Waals surface area contributed by atoms with E-state index in [4.69, 9.17) is 14.2 Å². The Labute approximate surface area is 195 Å². The van der Waals surface area contributed by atoms with Crippen molar-refractivity contribution >= 4 is 18.2 Å². The van der Waals surface area contributed by atoms with Crippen LogP contribution in [0.4, 0.5) is 9.59 Å². The Kier molecular flexibility index (Phi) is 9.52. The minimum absolute atomic E-state index is 0.0818. The van der Waals surface area contributed by atoms with Crippen LogP contribution in [0.2, 0.25) is 0 Å². The number of likely N-dealkylation sites (tertiary alicyclic amines) is 1. The number of carbonyl (C=O) groups excluding carboxylic acids is 3. The first-order valence-electron chi connectivity index (χ1n) is 11.1. The van der Waals surface area contributed by atoms with Crippen molar-refractivity contribution in [3.05, 3.63) is 35.9 Å². The van der Waals surface area contributed by atoms with Gasteiger partial charge < -0.3 is 24.4 Å². The van der Waals surface area contributed by atoms with E-state index < -0.39 is 29.8 Å². The molecule has 1 aromatic carbocycles. The molecule has 1 unspecified atom stereocenters. The summed E-state index contributed by atoms with van der Waals surface area (Å²) in [5.74, 6) is -0.486. The summed E-state index contributed by atoms with van der Waals surface area (Å²) in [4.78, 5) is 37.8. The molecular weight excluding hydrogens is 426 g/mol. The van der Waals surface area contributed by atoms with E-state index in [1.54, 1.807) is 4.90 Å². The van der Waals surface area contributed by atoms with Gasteiger partial charge in [0.25, 0.3) is 0 Å². The van der Waals surface area contributed by atoms with E-state index in [0.717, 1.165) is 5.56 Å². The number of benzene rings is 1. The maximum atomic E-state index is 12.4. The van der Waals surface area contributed by atoms with Crippen LogP contribution in [0.25, 0.3) is 0 Å². The highest BCUT2D eigenvalue weighted by molar-refractivity contribution is 5.69. The summed E-state index contributed by atoms with van der Waals surface area (Å²) in [5.41, 5.74) is 0.267. The molecule has 1 heterocycles. The molecule has 0 saturated carbocycles. The fraction of sp³-hybridized carbons (Fsp3) is 0.583. The van der Waals surface area contributed by atoms with Crippen molar-refractivity contribution in [3.63, 3.8) is 0 Å². The van der Waals surface area contributed by atoms with Crippen LogP contribution in [0.1, 0.15) is 52.5 Å². The molecule has 0 radical (unpaired) electrons. The molecule has 1 aliphatic heterocycles. The zero-order valence-electron chi connectivity index (χ0n) is 19.7. The van der Waals surface area contributed by atoms with Crippen molar-refractivity contribution < 1.29 is 28.6 Å². The van der Waals surface area contributed by atoms with Gasteiger partial charge in [0, 0.05) is 20.0 Å². The molecule has 9 heteroatoms.